The van der Waals surface area contributed by atoms with Gasteiger partial charge in [-0.25, -0.2) is 9.59 Å². The molecule has 36 heavy (non-hydrogen) atoms. The number of carbonyl (C=O) groups excluding carboxylic acids is 3. The highest BCUT2D eigenvalue weighted by Gasteiger charge is 2.28. The Bertz CT molecular complexity index is 1400. The number of H-pyrrole nitrogens is 1. The Morgan fingerprint density at radius 2 is 1.83 bits per heavy atom. The van der Waals surface area contributed by atoms with Crippen LogP contribution in [0, 0.1) is 13.8 Å². The number of esters is 1. The predicted molar refractivity (Wildman–Crippen MR) is 134 cm³/mol. The number of amides is 2. The molecule has 0 bridgehead atoms. The van der Waals surface area contributed by atoms with Gasteiger partial charge in [0.05, 0.1) is 23.8 Å². The van der Waals surface area contributed by atoms with Crippen LogP contribution in [0.1, 0.15) is 48.8 Å². The Balaban J connectivity index is 1.64. The molecule has 3 aromatic rings. The summed E-state index contributed by atoms with van der Waals surface area (Å²) >= 11 is 0. The summed E-state index contributed by atoms with van der Waals surface area (Å²) in [6.45, 7) is 3.45. The number of carbonyl (C=O) groups is 4. The molecule has 1 atom stereocenters. The molecule has 9 nitrogen and oxygen atoms in total. The number of carboxylic acids is 1. The fourth-order valence-corrected chi connectivity index (χ4v) is 4.28. The molecule has 0 fully saturated rings. The van der Waals surface area contributed by atoms with Crippen LogP contribution in [0.15, 0.2) is 48.5 Å². The second-order valence-corrected chi connectivity index (χ2v) is 8.48. The Labute approximate surface area is 207 Å². The monoisotopic (exact) mass is 487 g/mol. The summed E-state index contributed by atoms with van der Waals surface area (Å²) in [5, 5.41) is 14.8. The van der Waals surface area contributed by atoms with Crippen molar-refractivity contribution in [1.82, 2.24) is 10.3 Å². The van der Waals surface area contributed by atoms with Crippen LogP contribution >= 0.6 is 0 Å². The molecule has 184 valence electrons. The van der Waals surface area contributed by atoms with Crippen LogP contribution in [0.3, 0.4) is 0 Å². The zero-order valence-corrected chi connectivity index (χ0v) is 20.0. The van der Waals surface area contributed by atoms with Crippen molar-refractivity contribution in [2.24, 2.45) is 0 Å². The first-order valence-electron chi connectivity index (χ1n) is 11.2. The van der Waals surface area contributed by atoms with Crippen molar-refractivity contribution in [3.63, 3.8) is 0 Å². The van der Waals surface area contributed by atoms with Gasteiger partial charge in [-0.1, -0.05) is 30.3 Å². The Hall–Kier alpha value is -4.66. The first-order chi connectivity index (χ1) is 17.2. The number of rotatable bonds is 7. The van der Waals surface area contributed by atoms with E-state index in [1.807, 2.05) is 30.3 Å². The standard InChI is InChI=1S/C27H25N3O6/c1-14-21(13-19-18-12-17(26(33)34)9-10-20(18)29-24(19)31)28-15(2)23(14)25(32)30-22(27(35)36-3)11-16-7-5-4-6-8-16/h4-10,12-13,22,28H,11H2,1-3H3,(H,29,31)(H,30,32)(H,33,34)/t22-/m1/s1. The topological polar surface area (TPSA) is 138 Å². The number of nitrogens with one attached hydrogen (secondary N) is 3. The highest BCUT2D eigenvalue weighted by molar-refractivity contribution is 6.35. The Morgan fingerprint density at radius 1 is 1.11 bits per heavy atom. The summed E-state index contributed by atoms with van der Waals surface area (Å²) in [6.07, 6.45) is 1.86. The smallest absolute Gasteiger partial charge is 0.335 e. The van der Waals surface area contributed by atoms with Crippen molar-refractivity contribution in [2.45, 2.75) is 26.3 Å². The second kappa shape index (κ2) is 9.91. The molecule has 0 saturated carbocycles. The maximum atomic E-state index is 13.2. The number of fused-ring (bicyclic) bond motifs is 1. The summed E-state index contributed by atoms with van der Waals surface area (Å²) < 4.78 is 4.89. The molecule has 4 rings (SSSR count). The van der Waals surface area contributed by atoms with Gasteiger partial charge in [0, 0.05) is 29.1 Å². The second-order valence-electron chi connectivity index (χ2n) is 8.48. The summed E-state index contributed by atoms with van der Waals surface area (Å²) in [4.78, 5) is 52.7. The molecule has 1 aromatic heterocycles. The van der Waals surface area contributed by atoms with Crippen molar-refractivity contribution >= 4 is 41.1 Å². The predicted octanol–water partition coefficient (Wildman–Crippen LogP) is 3.34. The molecule has 1 aliphatic rings. The average molecular weight is 488 g/mol. The number of ether oxygens (including phenoxy) is 1. The van der Waals surface area contributed by atoms with Crippen molar-refractivity contribution < 1.29 is 29.0 Å². The van der Waals surface area contributed by atoms with Gasteiger partial charge >= 0.3 is 11.9 Å². The van der Waals surface area contributed by atoms with Crippen molar-refractivity contribution in [3.8, 4) is 0 Å². The van der Waals surface area contributed by atoms with Gasteiger partial charge in [0.1, 0.15) is 6.04 Å². The minimum Gasteiger partial charge on any atom is -0.478 e. The van der Waals surface area contributed by atoms with Gasteiger partial charge in [-0.2, -0.15) is 0 Å². The summed E-state index contributed by atoms with van der Waals surface area (Å²) in [5.74, 6) is -2.49. The number of anilines is 1. The van der Waals surface area contributed by atoms with Crippen molar-refractivity contribution in [2.75, 3.05) is 12.4 Å². The van der Waals surface area contributed by atoms with E-state index >= 15 is 0 Å². The van der Waals surface area contributed by atoms with Gasteiger partial charge in [-0.3, -0.25) is 9.59 Å². The van der Waals surface area contributed by atoms with Crippen LogP contribution in [-0.4, -0.2) is 47.0 Å². The molecule has 0 spiro atoms. The van der Waals surface area contributed by atoms with Gasteiger partial charge in [0.15, 0.2) is 0 Å². The van der Waals surface area contributed by atoms with Crippen LogP contribution in [-0.2, 0) is 20.7 Å². The molecule has 2 heterocycles. The molecular formula is C27H25N3O6. The SMILES string of the molecule is COC(=O)[C@@H](Cc1ccccc1)NC(=O)c1c(C)[nH]c(C=C2C(=O)Nc3ccc(C(=O)O)cc32)c1C. The third kappa shape index (κ3) is 4.76. The number of aromatic carboxylic acids is 1. The van der Waals surface area contributed by atoms with Crippen LogP contribution in [0.4, 0.5) is 5.69 Å². The van der Waals surface area contributed by atoms with Crippen LogP contribution < -0.4 is 10.6 Å². The third-order valence-electron chi connectivity index (χ3n) is 6.12. The summed E-state index contributed by atoms with van der Waals surface area (Å²) in [5.41, 5.74) is 4.19. The van der Waals surface area contributed by atoms with Crippen LogP contribution in [0.5, 0.6) is 0 Å². The number of aryl methyl sites for hydroxylation is 1. The van der Waals surface area contributed by atoms with E-state index < -0.39 is 23.9 Å². The van der Waals surface area contributed by atoms with Gasteiger partial charge < -0.3 is 25.5 Å². The molecule has 1 aliphatic heterocycles. The molecule has 0 radical (unpaired) electrons. The lowest BCUT2D eigenvalue weighted by molar-refractivity contribution is -0.142. The lowest BCUT2D eigenvalue weighted by Crippen LogP contribution is -2.43. The maximum Gasteiger partial charge on any atom is 0.335 e. The van der Waals surface area contributed by atoms with E-state index in [4.69, 9.17) is 4.74 Å². The number of carboxylic acid groups (broad SMARTS) is 1. The zero-order chi connectivity index (χ0) is 26.0. The molecule has 4 N–H and O–H groups in total. The van der Waals surface area contributed by atoms with Gasteiger partial charge in [-0.15, -0.1) is 0 Å². The fourth-order valence-electron chi connectivity index (χ4n) is 4.28. The van der Waals surface area contributed by atoms with E-state index in [1.165, 1.54) is 19.2 Å². The van der Waals surface area contributed by atoms with E-state index in [1.54, 1.807) is 26.0 Å². The Kier molecular flexibility index (Phi) is 6.73. The van der Waals surface area contributed by atoms with E-state index in [2.05, 4.69) is 15.6 Å². The normalized spacial score (nSPS) is 14.2. The van der Waals surface area contributed by atoms with Crippen LogP contribution in [0.2, 0.25) is 0 Å². The minimum atomic E-state index is -1.10. The number of hydrogen-bond donors (Lipinski definition) is 4. The van der Waals surface area contributed by atoms with Crippen molar-refractivity contribution in [3.05, 3.63) is 87.7 Å². The number of benzene rings is 2. The van der Waals surface area contributed by atoms with Gasteiger partial charge in [0.25, 0.3) is 11.8 Å². The molecule has 2 amide bonds. The number of aromatic amines is 1. The first-order valence-corrected chi connectivity index (χ1v) is 11.2. The molecule has 0 saturated heterocycles. The van der Waals surface area contributed by atoms with Gasteiger partial charge in [0.2, 0.25) is 0 Å². The van der Waals surface area contributed by atoms with E-state index in [9.17, 15) is 24.3 Å². The summed E-state index contributed by atoms with van der Waals surface area (Å²) in [6, 6.07) is 12.8. The Morgan fingerprint density at radius 3 is 2.50 bits per heavy atom. The van der Waals surface area contributed by atoms with Crippen molar-refractivity contribution in [1.29, 1.82) is 0 Å². The third-order valence-corrected chi connectivity index (χ3v) is 6.12. The average Bonchev–Trinajstić information content (AvgIpc) is 3.32. The highest BCUT2D eigenvalue weighted by Crippen LogP contribution is 2.34. The largest absolute Gasteiger partial charge is 0.478 e. The maximum absolute atomic E-state index is 13.2. The lowest BCUT2D eigenvalue weighted by atomic mass is 10.0. The molecule has 0 aliphatic carbocycles. The van der Waals surface area contributed by atoms with E-state index in [0.29, 0.717) is 33.8 Å². The summed E-state index contributed by atoms with van der Waals surface area (Å²) in [7, 11) is 1.27. The molecule has 2 aromatic carbocycles. The van der Waals surface area contributed by atoms with Gasteiger partial charge in [-0.05, 0) is 49.2 Å². The molecule has 0 unspecified atom stereocenters. The number of aromatic nitrogens is 1. The number of methoxy groups -OCH3 is 1. The zero-order valence-electron chi connectivity index (χ0n) is 20.0. The quantitative estimate of drug-likeness (QED) is 0.298. The molecular weight excluding hydrogens is 462 g/mol. The number of hydrogen-bond acceptors (Lipinski definition) is 5. The van der Waals surface area contributed by atoms with E-state index in [0.717, 1.165) is 5.56 Å². The van der Waals surface area contributed by atoms with E-state index in [-0.39, 0.29) is 23.5 Å². The fraction of sp³-hybridized carbons (Fsp3) is 0.185. The first kappa shape index (κ1) is 24.5. The lowest BCUT2D eigenvalue weighted by Gasteiger charge is -2.17. The molecule has 9 heteroatoms. The highest BCUT2D eigenvalue weighted by atomic mass is 16.5. The van der Waals surface area contributed by atoms with Crippen LogP contribution in [0.25, 0.3) is 11.6 Å². The minimum absolute atomic E-state index is 0.0582.